The first-order chi connectivity index (χ1) is 13.0. The molecule has 0 fully saturated rings. The molecule has 2 rings (SSSR count). The monoisotopic (exact) mass is 405 g/mol. The van der Waals surface area contributed by atoms with Gasteiger partial charge in [0.2, 0.25) is 0 Å². The highest BCUT2D eigenvalue weighted by atomic mass is 32.1. The number of carbonyl (C=O) groups excluding carboxylic acids is 1. The molecule has 2 atom stereocenters. The van der Waals surface area contributed by atoms with Gasteiger partial charge in [0.1, 0.15) is 24.5 Å². The Labute approximate surface area is 157 Å². The SMILES string of the molecule is O=C(N[C@H](CF)[C@@H](O)c1ccc(-c2cnc(CNCCF)s2)cc1)C(F)F. The average Bonchev–Trinajstić information content (AvgIpc) is 3.14. The highest BCUT2D eigenvalue weighted by molar-refractivity contribution is 7.15. The minimum atomic E-state index is -3.28. The van der Waals surface area contributed by atoms with Crippen LogP contribution in [0, 0.1) is 0 Å². The Kier molecular flexibility index (Phi) is 8.14. The quantitative estimate of drug-likeness (QED) is 0.420. The summed E-state index contributed by atoms with van der Waals surface area (Å²) in [5.41, 5.74) is 1.08. The van der Waals surface area contributed by atoms with Crippen LogP contribution in [-0.2, 0) is 11.3 Å². The number of alkyl halides is 4. The van der Waals surface area contributed by atoms with Gasteiger partial charge in [0.15, 0.2) is 0 Å². The number of aliphatic hydroxyl groups is 1. The van der Waals surface area contributed by atoms with Crippen LogP contribution in [-0.4, -0.2) is 48.4 Å². The molecule has 148 valence electrons. The molecule has 0 saturated carbocycles. The maximum absolute atomic E-state index is 13.0. The molecule has 0 aliphatic carbocycles. The number of rotatable bonds is 10. The predicted molar refractivity (Wildman–Crippen MR) is 94.1 cm³/mol. The number of thiazole rings is 1. The summed E-state index contributed by atoms with van der Waals surface area (Å²) in [6, 6.07) is 4.94. The predicted octanol–water partition coefficient (Wildman–Crippen LogP) is 2.62. The molecule has 0 spiro atoms. The smallest absolute Gasteiger partial charge is 0.315 e. The third-order valence-corrected chi connectivity index (χ3v) is 4.76. The van der Waals surface area contributed by atoms with E-state index in [0.29, 0.717) is 6.54 Å². The van der Waals surface area contributed by atoms with Crippen LogP contribution in [0.1, 0.15) is 16.7 Å². The van der Waals surface area contributed by atoms with Gasteiger partial charge in [-0.25, -0.2) is 13.8 Å². The second-order valence-electron chi connectivity index (χ2n) is 5.62. The number of aromatic nitrogens is 1. The summed E-state index contributed by atoms with van der Waals surface area (Å²) in [6.45, 7) is -0.947. The van der Waals surface area contributed by atoms with E-state index < -0.39 is 37.8 Å². The van der Waals surface area contributed by atoms with Gasteiger partial charge in [-0.05, 0) is 11.1 Å². The fourth-order valence-electron chi connectivity index (χ4n) is 2.31. The van der Waals surface area contributed by atoms with E-state index in [1.165, 1.54) is 23.5 Å². The van der Waals surface area contributed by atoms with Gasteiger partial charge in [-0.3, -0.25) is 4.79 Å². The maximum atomic E-state index is 13.0. The molecule has 0 bridgehead atoms. The van der Waals surface area contributed by atoms with Crippen molar-refractivity contribution in [2.24, 2.45) is 0 Å². The van der Waals surface area contributed by atoms with Crippen LogP contribution >= 0.6 is 11.3 Å². The van der Waals surface area contributed by atoms with Crippen molar-refractivity contribution in [3.8, 4) is 10.4 Å². The number of nitrogens with one attached hydrogen (secondary N) is 2. The number of amides is 1. The lowest BCUT2D eigenvalue weighted by atomic mass is 10.0. The number of halogens is 4. The number of aliphatic hydroxyl groups excluding tert-OH is 1. The molecule has 0 saturated heterocycles. The Balaban J connectivity index is 2.04. The first kappa shape index (κ1) is 21.3. The lowest BCUT2D eigenvalue weighted by Crippen LogP contribution is -2.43. The van der Waals surface area contributed by atoms with Crippen molar-refractivity contribution in [2.75, 3.05) is 19.9 Å². The summed E-state index contributed by atoms with van der Waals surface area (Å²) in [4.78, 5) is 16.1. The van der Waals surface area contributed by atoms with Crippen molar-refractivity contribution in [1.29, 1.82) is 0 Å². The van der Waals surface area contributed by atoms with E-state index in [-0.39, 0.29) is 12.1 Å². The zero-order valence-corrected chi connectivity index (χ0v) is 15.0. The van der Waals surface area contributed by atoms with Gasteiger partial charge < -0.3 is 15.7 Å². The number of nitrogens with zero attached hydrogens (tertiary/aromatic N) is 1. The van der Waals surface area contributed by atoms with Crippen LogP contribution in [0.5, 0.6) is 0 Å². The minimum absolute atomic E-state index is 0.249. The molecule has 3 N–H and O–H groups in total. The normalized spacial score (nSPS) is 13.6. The molecule has 1 amide bonds. The molecular weight excluding hydrogens is 386 g/mol. The van der Waals surface area contributed by atoms with Gasteiger partial charge in [0.05, 0.1) is 10.9 Å². The van der Waals surface area contributed by atoms with Crippen molar-refractivity contribution in [3.05, 3.63) is 41.0 Å². The molecule has 1 aromatic heterocycles. The number of carbonyl (C=O) groups is 1. The molecule has 0 unspecified atom stereocenters. The Bertz CT molecular complexity index is 727. The number of hydrogen-bond donors (Lipinski definition) is 3. The van der Waals surface area contributed by atoms with E-state index in [0.717, 1.165) is 15.4 Å². The largest absolute Gasteiger partial charge is 0.386 e. The molecule has 1 aromatic carbocycles. The van der Waals surface area contributed by atoms with Crippen LogP contribution in [0.15, 0.2) is 30.5 Å². The maximum Gasteiger partial charge on any atom is 0.315 e. The summed E-state index contributed by atoms with van der Waals surface area (Å²) in [6.07, 6.45) is -3.09. The van der Waals surface area contributed by atoms with Crippen molar-refractivity contribution in [2.45, 2.75) is 25.1 Å². The minimum Gasteiger partial charge on any atom is -0.386 e. The summed E-state index contributed by atoms with van der Waals surface area (Å²) < 4.78 is 49.7. The Morgan fingerprint density at radius 1 is 1.22 bits per heavy atom. The van der Waals surface area contributed by atoms with E-state index in [2.05, 4.69) is 10.3 Å². The van der Waals surface area contributed by atoms with Gasteiger partial charge in [-0.15, -0.1) is 11.3 Å². The van der Waals surface area contributed by atoms with Gasteiger partial charge in [-0.1, -0.05) is 24.3 Å². The summed E-state index contributed by atoms with van der Waals surface area (Å²) >= 11 is 1.41. The van der Waals surface area contributed by atoms with Crippen molar-refractivity contribution < 1.29 is 27.5 Å². The number of hydrogen-bond acceptors (Lipinski definition) is 5. The highest BCUT2D eigenvalue weighted by Crippen LogP contribution is 2.28. The van der Waals surface area contributed by atoms with Gasteiger partial charge in [-0.2, -0.15) is 8.78 Å². The molecular formula is C17H19F4N3O2S. The van der Waals surface area contributed by atoms with Gasteiger partial charge in [0.25, 0.3) is 5.91 Å². The Morgan fingerprint density at radius 2 is 1.93 bits per heavy atom. The first-order valence-electron chi connectivity index (χ1n) is 8.10. The first-order valence-corrected chi connectivity index (χ1v) is 8.92. The Morgan fingerprint density at radius 3 is 2.52 bits per heavy atom. The standard InChI is InChI=1S/C17H19F4N3O2S/c18-5-6-22-9-14-23-8-13(27-14)10-1-3-11(4-2-10)15(25)12(7-19)24-17(26)16(20)21/h1-4,8,12,15-16,22,25H,5-7,9H2,(H,24,26)/t12-,15+/m1/s1. The molecule has 5 nitrogen and oxygen atoms in total. The summed E-state index contributed by atoms with van der Waals surface area (Å²) in [5, 5.41) is 15.6. The van der Waals surface area contributed by atoms with Crippen LogP contribution in [0.25, 0.3) is 10.4 Å². The van der Waals surface area contributed by atoms with Crippen molar-refractivity contribution in [3.63, 3.8) is 0 Å². The van der Waals surface area contributed by atoms with E-state index in [1.54, 1.807) is 23.6 Å². The molecule has 2 aromatic rings. The molecule has 10 heteroatoms. The zero-order chi connectivity index (χ0) is 19.8. The van der Waals surface area contributed by atoms with Crippen LogP contribution in [0.3, 0.4) is 0 Å². The number of benzene rings is 1. The van der Waals surface area contributed by atoms with E-state index in [4.69, 9.17) is 0 Å². The van der Waals surface area contributed by atoms with Crippen LogP contribution < -0.4 is 10.6 Å². The second kappa shape index (κ2) is 10.3. The lowest BCUT2D eigenvalue weighted by Gasteiger charge is -2.21. The third kappa shape index (κ3) is 5.98. The molecule has 27 heavy (non-hydrogen) atoms. The van der Waals surface area contributed by atoms with Gasteiger partial charge in [0, 0.05) is 19.3 Å². The molecule has 0 aliphatic rings. The average molecular weight is 405 g/mol. The van der Waals surface area contributed by atoms with Gasteiger partial charge >= 0.3 is 6.43 Å². The third-order valence-electron chi connectivity index (χ3n) is 3.71. The van der Waals surface area contributed by atoms with Crippen molar-refractivity contribution >= 4 is 17.2 Å². The molecule has 0 aliphatic heterocycles. The fourth-order valence-corrected chi connectivity index (χ4v) is 3.20. The Hall–Kier alpha value is -2.04. The topological polar surface area (TPSA) is 74.2 Å². The van der Waals surface area contributed by atoms with Crippen LogP contribution in [0.4, 0.5) is 17.6 Å². The molecule has 0 radical (unpaired) electrons. The highest BCUT2D eigenvalue weighted by Gasteiger charge is 2.26. The van der Waals surface area contributed by atoms with E-state index >= 15 is 0 Å². The van der Waals surface area contributed by atoms with E-state index in [1.807, 2.05) is 0 Å². The summed E-state index contributed by atoms with van der Waals surface area (Å²) in [5.74, 6) is -1.63. The van der Waals surface area contributed by atoms with E-state index in [9.17, 15) is 27.5 Å². The molecule has 1 heterocycles. The second-order valence-corrected chi connectivity index (χ2v) is 6.74. The summed E-state index contributed by atoms with van der Waals surface area (Å²) in [7, 11) is 0. The lowest BCUT2D eigenvalue weighted by molar-refractivity contribution is -0.133. The van der Waals surface area contributed by atoms with Crippen molar-refractivity contribution in [1.82, 2.24) is 15.6 Å². The zero-order valence-electron chi connectivity index (χ0n) is 14.2. The fraction of sp³-hybridized carbons (Fsp3) is 0.412. The van der Waals surface area contributed by atoms with Crippen LogP contribution in [0.2, 0.25) is 0 Å².